The summed E-state index contributed by atoms with van der Waals surface area (Å²) < 4.78 is 8.46. The Morgan fingerprint density at radius 3 is 2.77 bits per heavy atom. The average molecular weight is 294 g/mol. The lowest BCUT2D eigenvalue weighted by Gasteiger charge is -2.03. The van der Waals surface area contributed by atoms with Gasteiger partial charge in [-0.25, -0.2) is 0 Å². The number of ether oxygens (including phenoxy) is 1. The lowest BCUT2D eigenvalue weighted by molar-refractivity contribution is 0.130. The van der Waals surface area contributed by atoms with Gasteiger partial charge in [0.15, 0.2) is 0 Å². The molecule has 74 valence electrons. The summed E-state index contributed by atoms with van der Waals surface area (Å²) in [4.78, 5) is 0. The third kappa shape index (κ3) is 2.95. The second kappa shape index (κ2) is 4.95. The first-order chi connectivity index (χ1) is 6.15. The summed E-state index contributed by atoms with van der Waals surface area (Å²) in [5.74, 6) is 0. The van der Waals surface area contributed by atoms with E-state index in [1.165, 1.54) is 3.57 Å². The molecule has 0 aliphatic heterocycles. The van der Waals surface area contributed by atoms with Gasteiger partial charge in [-0.05, 0) is 43.4 Å². The molecule has 0 bridgehead atoms. The highest BCUT2D eigenvalue weighted by atomic mass is 127. The van der Waals surface area contributed by atoms with E-state index in [1.54, 1.807) is 0 Å². The topological polar surface area (TPSA) is 27.1 Å². The average Bonchev–Trinajstić information content (AvgIpc) is 2.44. The minimum absolute atomic E-state index is 0.420. The van der Waals surface area contributed by atoms with Crippen LogP contribution in [0.3, 0.4) is 0 Å². The van der Waals surface area contributed by atoms with Gasteiger partial charge in [0.05, 0.1) is 10.2 Å². The molecule has 0 saturated carbocycles. The molecule has 1 aromatic rings. The summed E-state index contributed by atoms with van der Waals surface area (Å²) in [7, 11) is 0. The van der Waals surface area contributed by atoms with E-state index in [0.717, 1.165) is 12.3 Å². The van der Waals surface area contributed by atoms with Crippen LogP contribution in [-0.2, 0) is 11.3 Å². The van der Waals surface area contributed by atoms with Crippen LogP contribution in [0.25, 0.3) is 0 Å². The van der Waals surface area contributed by atoms with Gasteiger partial charge >= 0.3 is 0 Å². The first-order valence-corrected chi connectivity index (χ1v) is 5.54. The summed E-state index contributed by atoms with van der Waals surface area (Å²) in [5.41, 5.74) is 1.04. The van der Waals surface area contributed by atoms with E-state index in [-0.39, 0.29) is 0 Å². The molecule has 0 saturated heterocycles. The van der Waals surface area contributed by atoms with Crippen molar-refractivity contribution in [3.05, 3.63) is 15.5 Å². The molecule has 3 nitrogen and oxygen atoms in total. The zero-order valence-corrected chi connectivity index (χ0v) is 10.4. The smallest absolute Gasteiger partial charge is 0.101 e. The molecule has 0 aromatic carbocycles. The Bertz CT molecular complexity index is 271. The van der Waals surface area contributed by atoms with Gasteiger partial charge in [0, 0.05) is 18.8 Å². The predicted molar refractivity (Wildman–Crippen MR) is 60.7 cm³/mol. The van der Waals surface area contributed by atoms with Gasteiger partial charge in [0.2, 0.25) is 0 Å². The lowest BCUT2D eigenvalue weighted by atomic mass is 10.4. The Labute approximate surface area is 92.6 Å². The van der Waals surface area contributed by atoms with Gasteiger partial charge in [0.1, 0.15) is 5.69 Å². The van der Waals surface area contributed by atoms with Crippen LogP contribution in [0.2, 0.25) is 0 Å². The molecule has 4 heteroatoms. The molecule has 0 atom stereocenters. The minimum Gasteiger partial charge on any atom is -0.375 e. The number of halogens is 1. The van der Waals surface area contributed by atoms with Crippen LogP contribution >= 0.6 is 22.6 Å². The molecule has 0 unspecified atom stereocenters. The quantitative estimate of drug-likeness (QED) is 0.798. The number of hydrogen-bond donors (Lipinski definition) is 0. The Hall–Kier alpha value is -0.100. The highest BCUT2D eigenvalue weighted by Gasteiger charge is 2.07. The molecule has 0 amide bonds. The Morgan fingerprint density at radius 2 is 2.31 bits per heavy atom. The first-order valence-electron chi connectivity index (χ1n) is 4.46. The van der Waals surface area contributed by atoms with Gasteiger partial charge < -0.3 is 4.74 Å². The van der Waals surface area contributed by atoms with Gasteiger partial charge in [-0.15, -0.1) is 0 Å². The minimum atomic E-state index is 0.420. The second-order valence-electron chi connectivity index (χ2n) is 3.13. The standard InChI is InChI=1S/C9H15IN2O/c1-4-13-6-9-8(10)5-12(11-9)7(2)3/h5,7H,4,6H2,1-3H3. The fourth-order valence-corrected chi connectivity index (χ4v) is 1.52. The molecule has 0 spiro atoms. The monoisotopic (exact) mass is 294 g/mol. The largest absolute Gasteiger partial charge is 0.375 e. The Balaban J connectivity index is 2.71. The van der Waals surface area contributed by atoms with Crippen molar-refractivity contribution < 1.29 is 4.74 Å². The van der Waals surface area contributed by atoms with Crippen molar-refractivity contribution >= 4 is 22.6 Å². The number of hydrogen-bond acceptors (Lipinski definition) is 2. The zero-order valence-electron chi connectivity index (χ0n) is 8.25. The van der Waals surface area contributed by atoms with Crippen molar-refractivity contribution in [1.29, 1.82) is 0 Å². The predicted octanol–water partition coefficient (Wildman–Crippen LogP) is 2.61. The van der Waals surface area contributed by atoms with Crippen LogP contribution in [0.4, 0.5) is 0 Å². The summed E-state index contributed by atoms with van der Waals surface area (Å²) in [6, 6.07) is 0.420. The van der Waals surface area contributed by atoms with E-state index in [4.69, 9.17) is 4.74 Å². The second-order valence-corrected chi connectivity index (χ2v) is 4.30. The molecule has 0 radical (unpaired) electrons. The molecule has 0 aliphatic rings. The first kappa shape index (κ1) is 11.0. The molecule has 0 fully saturated rings. The highest BCUT2D eigenvalue weighted by Crippen LogP contribution is 2.14. The van der Waals surface area contributed by atoms with Crippen LogP contribution < -0.4 is 0 Å². The third-order valence-corrected chi connectivity index (χ3v) is 2.63. The molecule has 1 rings (SSSR count). The van der Waals surface area contributed by atoms with E-state index in [1.807, 2.05) is 11.6 Å². The number of aromatic nitrogens is 2. The van der Waals surface area contributed by atoms with Gasteiger partial charge in [-0.2, -0.15) is 5.10 Å². The molecule has 1 aromatic heterocycles. The zero-order chi connectivity index (χ0) is 9.84. The normalized spacial score (nSPS) is 11.2. The van der Waals surface area contributed by atoms with Crippen molar-refractivity contribution in [2.75, 3.05) is 6.61 Å². The highest BCUT2D eigenvalue weighted by molar-refractivity contribution is 14.1. The van der Waals surface area contributed by atoms with Crippen molar-refractivity contribution in [1.82, 2.24) is 9.78 Å². The molecule has 0 N–H and O–H groups in total. The van der Waals surface area contributed by atoms with E-state index >= 15 is 0 Å². The molecule has 0 aliphatic carbocycles. The van der Waals surface area contributed by atoms with Crippen molar-refractivity contribution in [3.63, 3.8) is 0 Å². The lowest BCUT2D eigenvalue weighted by Crippen LogP contribution is -2.02. The van der Waals surface area contributed by atoms with Crippen LogP contribution in [0, 0.1) is 3.57 Å². The van der Waals surface area contributed by atoms with Gasteiger partial charge in [0.25, 0.3) is 0 Å². The molecular weight excluding hydrogens is 279 g/mol. The fourth-order valence-electron chi connectivity index (χ4n) is 0.968. The Kier molecular flexibility index (Phi) is 4.18. The van der Waals surface area contributed by atoms with Crippen LogP contribution in [0.1, 0.15) is 32.5 Å². The molecule has 13 heavy (non-hydrogen) atoms. The maximum atomic E-state index is 5.31. The van der Waals surface area contributed by atoms with E-state index in [2.05, 4.69) is 47.7 Å². The SMILES string of the molecule is CCOCc1nn(C(C)C)cc1I. The molecular formula is C9H15IN2O. The number of nitrogens with zero attached hydrogens (tertiary/aromatic N) is 2. The molecule has 1 heterocycles. The van der Waals surface area contributed by atoms with E-state index in [0.29, 0.717) is 12.6 Å². The van der Waals surface area contributed by atoms with Crippen molar-refractivity contribution in [2.24, 2.45) is 0 Å². The van der Waals surface area contributed by atoms with Gasteiger partial charge in [-0.1, -0.05) is 0 Å². The summed E-state index contributed by atoms with van der Waals surface area (Å²) in [6.07, 6.45) is 2.06. The van der Waals surface area contributed by atoms with Gasteiger partial charge in [-0.3, -0.25) is 4.68 Å². The summed E-state index contributed by atoms with van der Waals surface area (Å²) in [5, 5.41) is 4.43. The van der Waals surface area contributed by atoms with Crippen molar-refractivity contribution in [3.8, 4) is 0 Å². The van der Waals surface area contributed by atoms with Crippen LogP contribution in [0.5, 0.6) is 0 Å². The van der Waals surface area contributed by atoms with E-state index < -0.39 is 0 Å². The maximum Gasteiger partial charge on any atom is 0.101 e. The Morgan fingerprint density at radius 1 is 1.62 bits per heavy atom. The maximum absolute atomic E-state index is 5.31. The van der Waals surface area contributed by atoms with E-state index in [9.17, 15) is 0 Å². The van der Waals surface area contributed by atoms with Crippen LogP contribution in [0.15, 0.2) is 6.20 Å². The van der Waals surface area contributed by atoms with Crippen LogP contribution in [-0.4, -0.2) is 16.4 Å². The van der Waals surface area contributed by atoms with Crippen molar-refractivity contribution in [2.45, 2.75) is 33.4 Å². The fraction of sp³-hybridized carbons (Fsp3) is 0.667. The number of rotatable bonds is 4. The third-order valence-electron chi connectivity index (χ3n) is 1.73. The summed E-state index contributed by atoms with van der Waals surface area (Å²) >= 11 is 2.29. The summed E-state index contributed by atoms with van der Waals surface area (Å²) in [6.45, 7) is 7.59.